The van der Waals surface area contributed by atoms with Gasteiger partial charge in [0.15, 0.2) is 0 Å². The lowest BCUT2D eigenvalue weighted by atomic mass is 9.97. The van der Waals surface area contributed by atoms with Gasteiger partial charge >= 0.3 is 0 Å². The molecule has 0 bridgehead atoms. The molecule has 20 heavy (non-hydrogen) atoms. The molecule has 0 saturated carbocycles. The molecule has 0 aliphatic heterocycles. The summed E-state index contributed by atoms with van der Waals surface area (Å²) in [6.45, 7) is 4.05. The fourth-order valence-electron chi connectivity index (χ4n) is 2.70. The molecule has 0 heterocycles. The summed E-state index contributed by atoms with van der Waals surface area (Å²) >= 11 is 0. The van der Waals surface area contributed by atoms with Gasteiger partial charge in [0.05, 0.1) is 0 Å². The van der Waals surface area contributed by atoms with Gasteiger partial charge in [-0.2, -0.15) is 8.42 Å². The largest absolute Gasteiger partial charge is 0.295 e. The molecule has 0 fully saturated rings. The van der Waals surface area contributed by atoms with E-state index < -0.39 is 10.1 Å². The van der Waals surface area contributed by atoms with Gasteiger partial charge in [0, 0.05) is 5.39 Å². The van der Waals surface area contributed by atoms with Crippen LogP contribution in [0.4, 0.5) is 0 Å². The van der Waals surface area contributed by atoms with E-state index in [0.717, 1.165) is 30.2 Å². The number of rotatable bonds is 5. The maximum Gasteiger partial charge on any atom is 0.295 e. The highest BCUT2D eigenvalue weighted by atomic mass is 32.2. The molecule has 0 saturated heterocycles. The lowest BCUT2D eigenvalue weighted by molar-refractivity contribution is 0.483. The Morgan fingerprint density at radius 1 is 0.950 bits per heavy atom. The van der Waals surface area contributed by atoms with Crippen LogP contribution in [0.3, 0.4) is 0 Å². The Balaban J connectivity index is 2.88. The van der Waals surface area contributed by atoms with E-state index in [1.165, 1.54) is 0 Å². The predicted octanol–water partition coefficient (Wildman–Crippen LogP) is 3.99. The Morgan fingerprint density at radius 3 is 2.20 bits per heavy atom. The van der Waals surface area contributed by atoms with Crippen LogP contribution in [0.15, 0.2) is 35.2 Å². The number of aryl methyl sites for hydroxylation is 2. The minimum absolute atomic E-state index is 0.0981. The molecular formula is C16H20O3S. The van der Waals surface area contributed by atoms with Crippen molar-refractivity contribution in [3.8, 4) is 0 Å². The van der Waals surface area contributed by atoms with Crippen molar-refractivity contribution in [3.63, 3.8) is 0 Å². The Kier molecular flexibility index (Phi) is 4.45. The van der Waals surface area contributed by atoms with Crippen LogP contribution in [0, 0.1) is 0 Å². The highest BCUT2D eigenvalue weighted by molar-refractivity contribution is 7.86. The van der Waals surface area contributed by atoms with Crippen molar-refractivity contribution in [3.05, 3.63) is 41.5 Å². The van der Waals surface area contributed by atoms with Crippen LogP contribution in [0.1, 0.15) is 37.8 Å². The van der Waals surface area contributed by atoms with E-state index in [0.29, 0.717) is 17.4 Å². The number of fused-ring (bicyclic) bond motifs is 1. The van der Waals surface area contributed by atoms with Crippen LogP contribution in [-0.2, 0) is 23.0 Å². The molecule has 108 valence electrons. The quantitative estimate of drug-likeness (QED) is 0.848. The third-order valence-electron chi connectivity index (χ3n) is 3.46. The monoisotopic (exact) mass is 292 g/mol. The summed E-state index contributed by atoms with van der Waals surface area (Å²) in [5.41, 5.74) is 1.68. The van der Waals surface area contributed by atoms with E-state index in [1.54, 1.807) is 0 Å². The first-order valence-corrected chi connectivity index (χ1v) is 8.44. The summed E-state index contributed by atoms with van der Waals surface area (Å²) in [4.78, 5) is 0.0981. The Hall–Kier alpha value is -1.39. The van der Waals surface area contributed by atoms with Crippen molar-refractivity contribution in [1.82, 2.24) is 0 Å². The molecule has 2 aromatic rings. The summed E-state index contributed by atoms with van der Waals surface area (Å²) in [7, 11) is -4.22. The first-order valence-electron chi connectivity index (χ1n) is 7.00. The second-order valence-corrected chi connectivity index (χ2v) is 6.40. The molecule has 2 aromatic carbocycles. The van der Waals surface area contributed by atoms with E-state index in [2.05, 4.69) is 6.92 Å². The van der Waals surface area contributed by atoms with Crippen LogP contribution in [0.2, 0.25) is 0 Å². The Bertz CT molecular complexity index is 718. The fourth-order valence-corrected chi connectivity index (χ4v) is 3.71. The van der Waals surface area contributed by atoms with Crippen LogP contribution in [0.5, 0.6) is 0 Å². The van der Waals surface area contributed by atoms with Crippen LogP contribution in [0.25, 0.3) is 10.8 Å². The molecule has 0 radical (unpaired) electrons. The maximum atomic E-state index is 11.9. The van der Waals surface area contributed by atoms with E-state index >= 15 is 0 Å². The van der Waals surface area contributed by atoms with Crippen LogP contribution < -0.4 is 0 Å². The average Bonchev–Trinajstić information content (AvgIpc) is 2.38. The molecule has 2 rings (SSSR count). The topological polar surface area (TPSA) is 54.4 Å². The van der Waals surface area contributed by atoms with Crippen molar-refractivity contribution < 1.29 is 13.0 Å². The predicted molar refractivity (Wildman–Crippen MR) is 81.8 cm³/mol. The Morgan fingerprint density at radius 2 is 1.60 bits per heavy atom. The van der Waals surface area contributed by atoms with Crippen molar-refractivity contribution in [2.75, 3.05) is 0 Å². The zero-order valence-electron chi connectivity index (χ0n) is 11.9. The third-order valence-corrected chi connectivity index (χ3v) is 4.44. The zero-order valence-corrected chi connectivity index (χ0v) is 12.7. The SMILES string of the molecule is CCCc1ccc2cccc(CCC)c2c1S(=O)(=O)O. The summed E-state index contributed by atoms with van der Waals surface area (Å²) in [5.74, 6) is 0. The van der Waals surface area contributed by atoms with Crippen molar-refractivity contribution in [2.24, 2.45) is 0 Å². The standard InChI is InChI=1S/C16H20O3S/c1-3-6-12-8-5-9-13-10-11-14(7-4-2)16(15(12)13)20(17,18)19/h5,8-11H,3-4,6-7H2,1-2H3,(H,17,18,19). The normalized spacial score (nSPS) is 11.9. The molecule has 0 aromatic heterocycles. The smallest absolute Gasteiger partial charge is 0.282 e. The zero-order chi connectivity index (χ0) is 14.8. The van der Waals surface area contributed by atoms with Crippen molar-refractivity contribution >= 4 is 20.9 Å². The summed E-state index contributed by atoms with van der Waals surface area (Å²) < 4.78 is 33.4. The van der Waals surface area contributed by atoms with Gasteiger partial charge in [-0.05, 0) is 29.4 Å². The van der Waals surface area contributed by atoms with Gasteiger partial charge in [0.1, 0.15) is 4.90 Å². The number of benzene rings is 2. The van der Waals surface area contributed by atoms with E-state index in [1.807, 2.05) is 37.3 Å². The summed E-state index contributed by atoms with van der Waals surface area (Å²) in [5, 5.41) is 1.55. The molecular weight excluding hydrogens is 272 g/mol. The third kappa shape index (κ3) is 2.86. The first kappa shape index (κ1) is 15.0. The molecule has 0 atom stereocenters. The second kappa shape index (κ2) is 5.94. The summed E-state index contributed by atoms with van der Waals surface area (Å²) in [6.07, 6.45) is 3.22. The molecule has 4 heteroatoms. The van der Waals surface area contributed by atoms with Crippen molar-refractivity contribution in [2.45, 2.75) is 44.4 Å². The molecule has 0 aliphatic carbocycles. The highest BCUT2D eigenvalue weighted by Gasteiger charge is 2.20. The van der Waals surface area contributed by atoms with Gasteiger partial charge < -0.3 is 0 Å². The highest BCUT2D eigenvalue weighted by Crippen LogP contribution is 2.31. The molecule has 0 spiro atoms. The minimum atomic E-state index is -4.22. The van der Waals surface area contributed by atoms with Crippen LogP contribution in [-0.4, -0.2) is 13.0 Å². The average molecular weight is 292 g/mol. The lowest BCUT2D eigenvalue weighted by Crippen LogP contribution is -2.06. The van der Waals surface area contributed by atoms with Gasteiger partial charge in [-0.1, -0.05) is 57.0 Å². The van der Waals surface area contributed by atoms with E-state index in [-0.39, 0.29) is 4.90 Å². The number of hydrogen-bond donors (Lipinski definition) is 1. The molecule has 3 nitrogen and oxygen atoms in total. The first-order chi connectivity index (χ1) is 9.49. The van der Waals surface area contributed by atoms with Crippen LogP contribution >= 0.6 is 0 Å². The Labute approximate surface area is 120 Å². The van der Waals surface area contributed by atoms with Gasteiger partial charge in [-0.3, -0.25) is 4.55 Å². The molecule has 0 unspecified atom stereocenters. The molecule has 0 amide bonds. The molecule has 0 aliphatic rings. The fraction of sp³-hybridized carbons (Fsp3) is 0.375. The number of hydrogen-bond acceptors (Lipinski definition) is 2. The van der Waals surface area contributed by atoms with Gasteiger partial charge in [-0.25, -0.2) is 0 Å². The second-order valence-electron chi connectivity index (χ2n) is 5.04. The minimum Gasteiger partial charge on any atom is -0.282 e. The van der Waals surface area contributed by atoms with E-state index in [9.17, 15) is 13.0 Å². The van der Waals surface area contributed by atoms with E-state index in [4.69, 9.17) is 0 Å². The van der Waals surface area contributed by atoms with Gasteiger partial charge in [-0.15, -0.1) is 0 Å². The lowest BCUT2D eigenvalue weighted by Gasteiger charge is -2.13. The van der Waals surface area contributed by atoms with Gasteiger partial charge in [0.2, 0.25) is 0 Å². The van der Waals surface area contributed by atoms with Gasteiger partial charge in [0.25, 0.3) is 10.1 Å². The van der Waals surface area contributed by atoms with Crippen molar-refractivity contribution in [1.29, 1.82) is 0 Å². The maximum absolute atomic E-state index is 11.9. The molecule has 1 N–H and O–H groups in total. The summed E-state index contributed by atoms with van der Waals surface area (Å²) in [6, 6.07) is 9.51.